The molecule has 0 fully saturated rings. The Bertz CT molecular complexity index is 492. The molecule has 0 radical (unpaired) electrons. The molecule has 1 N–H and O–H groups in total. The quantitative estimate of drug-likeness (QED) is 0.563. The Labute approximate surface area is 78.6 Å². The summed E-state index contributed by atoms with van der Waals surface area (Å²) in [7, 11) is 0. The van der Waals surface area contributed by atoms with E-state index in [4.69, 9.17) is 5.11 Å². The zero-order valence-corrected chi connectivity index (χ0v) is 7.12. The first-order valence-electron chi connectivity index (χ1n) is 3.93. The maximum atomic E-state index is 10.4. The molecule has 2 heterocycles. The van der Waals surface area contributed by atoms with Gasteiger partial charge in [0.05, 0.1) is 23.4 Å². The van der Waals surface area contributed by atoms with Crippen LogP contribution in [0.3, 0.4) is 0 Å². The lowest BCUT2D eigenvalue weighted by Gasteiger charge is -1.92. The molecule has 6 nitrogen and oxygen atoms in total. The molecule has 0 unspecified atom stereocenters. The van der Waals surface area contributed by atoms with E-state index in [2.05, 4.69) is 4.98 Å². The topological polar surface area (TPSA) is 80.7 Å². The minimum atomic E-state index is -0.474. The highest BCUT2D eigenvalue weighted by Crippen LogP contribution is 2.13. The van der Waals surface area contributed by atoms with E-state index in [0.29, 0.717) is 11.3 Å². The maximum absolute atomic E-state index is 10.4. The van der Waals surface area contributed by atoms with Crippen LogP contribution in [0.25, 0.3) is 5.65 Å². The Kier molecular flexibility index (Phi) is 1.90. The number of rotatable bonds is 2. The first-order chi connectivity index (χ1) is 6.70. The van der Waals surface area contributed by atoms with E-state index in [1.54, 1.807) is 6.20 Å². The lowest BCUT2D eigenvalue weighted by atomic mass is 10.4. The van der Waals surface area contributed by atoms with Crippen molar-refractivity contribution in [1.82, 2.24) is 9.38 Å². The molecule has 0 bridgehead atoms. The van der Waals surface area contributed by atoms with Crippen molar-refractivity contribution in [2.24, 2.45) is 0 Å². The minimum Gasteiger partial charge on any atom is -0.390 e. The van der Waals surface area contributed by atoms with Crippen LogP contribution < -0.4 is 0 Å². The van der Waals surface area contributed by atoms with Crippen LogP contribution in [0.5, 0.6) is 0 Å². The van der Waals surface area contributed by atoms with Gasteiger partial charge in [-0.1, -0.05) is 0 Å². The van der Waals surface area contributed by atoms with Gasteiger partial charge in [0.2, 0.25) is 0 Å². The summed E-state index contributed by atoms with van der Waals surface area (Å²) in [6.07, 6.45) is 2.92. The molecule has 0 aliphatic heterocycles. The number of hydrogen-bond acceptors (Lipinski definition) is 4. The molecule has 2 aromatic rings. The van der Waals surface area contributed by atoms with Crippen LogP contribution in [0, 0.1) is 10.1 Å². The smallest absolute Gasteiger partial charge is 0.286 e. The molecule has 72 valence electrons. The summed E-state index contributed by atoms with van der Waals surface area (Å²) in [4.78, 5) is 14.0. The summed E-state index contributed by atoms with van der Waals surface area (Å²) in [6, 6.07) is 2.92. The monoisotopic (exact) mass is 193 g/mol. The average Bonchev–Trinajstić information content (AvgIpc) is 2.58. The van der Waals surface area contributed by atoms with E-state index >= 15 is 0 Å². The van der Waals surface area contributed by atoms with Gasteiger partial charge in [-0.3, -0.25) is 14.5 Å². The van der Waals surface area contributed by atoms with Gasteiger partial charge >= 0.3 is 0 Å². The fourth-order valence-electron chi connectivity index (χ4n) is 1.22. The molecule has 2 aromatic heterocycles. The summed E-state index contributed by atoms with van der Waals surface area (Å²) in [5, 5.41) is 19.3. The summed E-state index contributed by atoms with van der Waals surface area (Å²) in [6.45, 7) is -0.171. The minimum absolute atomic E-state index is 0.000565. The number of fused-ring (bicyclic) bond motifs is 1. The summed E-state index contributed by atoms with van der Waals surface area (Å²) < 4.78 is 1.52. The van der Waals surface area contributed by atoms with Gasteiger partial charge in [0.15, 0.2) is 0 Å². The molecule has 2 rings (SSSR count). The van der Waals surface area contributed by atoms with Gasteiger partial charge in [-0.05, 0) is 6.07 Å². The number of aliphatic hydroxyl groups excluding tert-OH is 1. The van der Waals surface area contributed by atoms with Gasteiger partial charge in [-0.15, -0.1) is 0 Å². The molecule has 0 aliphatic carbocycles. The number of imidazole rings is 1. The largest absolute Gasteiger partial charge is 0.390 e. The van der Waals surface area contributed by atoms with Crippen LogP contribution >= 0.6 is 0 Å². The Morgan fingerprint density at radius 3 is 2.93 bits per heavy atom. The van der Waals surface area contributed by atoms with Crippen molar-refractivity contribution < 1.29 is 10.0 Å². The molecule has 0 amide bonds. The van der Waals surface area contributed by atoms with Crippen LogP contribution in [0.2, 0.25) is 0 Å². The van der Waals surface area contributed by atoms with Gasteiger partial charge in [-0.25, -0.2) is 4.98 Å². The molecule has 0 saturated carbocycles. The molecule has 6 heteroatoms. The molecular weight excluding hydrogens is 186 g/mol. The Morgan fingerprint density at radius 1 is 1.50 bits per heavy atom. The Morgan fingerprint density at radius 2 is 2.29 bits per heavy atom. The van der Waals surface area contributed by atoms with E-state index in [0.717, 1.165) is 0 Å². The van der Waals surface area contributed by atoms with Crippen molar-refractivity contribution >= 4 is 11.3 Å². The number of aliphatic hydroxyl groups is 1. The third kappa shape index (κ3) is 1.31. The van der Waals surface area contributed by atoms with E-state index in [-0.39, 0.29) is 12.3 Å². The molecule has 0 aromatic carbocycles. The van der Waals surface area contributed by atoms with Crippen molar-refractivity contribution in [1.29, 1.82) is 0 Å². The van der Waals surface area contributed by atoms with Crippen LogP contribution in [-0.2, 0) is 6.61 Å². The summed E-state index contributed by atoms with van der Waals surface area (Å²) >= 11 is 0. The normalized spacial score (nSPS) is 10.6. The van der Waals surface area contributed by atoms with Crippen LogP contribution in [0.15, 0.2) is 24.5 Å². The highest BCUT2D eigenvalue weighted by molar-refractivity contribution is 5.45. The van der Waals surface area contributed by atoms with Gasteiger partial charge in [0.25, 0.3) is 5.69 Å². The first-order valence-corrected chi connectivity index (χ1v) is 3.93. The number of nitro groups is 1. The van der Waals surface area contributed by atoms with Crippen LogP contribution in [0.1, 0.15) is 5.69 Å². The van der Waals surface area contributed by atoms with Gasteiger partial charge in [0, 0.05) is 12.3 Å². The molecule has 0 atom stereocenters. The number of hydrogen-bond donors (Lipinski definition) is 1. The van der Waals surface area contributed by atoms with Crippen molar-refractivity contribution in [2.45, 2.75) is 6.61 Å². The predicted molar refractivity (Wildman–Crippen MR) is 47.8 cm³/mol. The Hall–Kier alpha value is -1.95. The maximum Gasteiger partial charge on any atom is 0.286 e. The van der Waals surface area contributed by atoms with Gasteiger partial charge in [0.1, 0.15) is 5.65 Å². The molecule has 14 heavy (non-hydrogen) atoms. The molecule has 0 spiro atoms. The fourth-order valence-corrected chi connectivity index (χ4v) is 1.22. The second-order valence-corrected chi connectivity index (χ2v) is 2.80. The zero-order valence-electron chi connectivity index (χ0n) is 7.12. The average molecular weight is 193 g/mol. The second kappa shape index (κ2) is 3.08. The molecule has 0 aliphatic rings. The fraction of sp³-hybridized carbons (Fsp3) is 0.125. The summed E-state index contributed by atoms with van der Waals surface area (Å²) in [5.41, 5.74) is 1.07. The summed E-state index contributed by atoms with van der Waals surface area (Å²) in [5.74, 6) is 0. The van der Waals surface area contributed by atoms with E-state index in [9.17, 15) is 10.1 Å². The van der Waals surface area contributed by atoms with Crippen molar-refractivity contribution in [3.63, 3.8) is 0 Å². The first kappa shape index (κ1) is 8.64. The SMILES string of the molecule is O=[N+]([O-])c1ccc2nc(CO)cn2c1. The lowest BCUT2D eigenvalue weighted by Crippen LogP contribution is -1.90. The second-order valence-electron chi connectivity index (χ2n) is 2.80. The van der Waals surface area contributed by atoms with E-state index in [1.807, 2.05) is 0 Å². The molecular formula is C8H7N3O3. The van der Waals surface area contributed by atoms with Crippen molar-refractivity contribution in [3.05, 3.63) is 40.3 Å². The zero-order chi connectivity index (χ0) is 10.1. The predicted octanol–water partition coefficient (Wildman–Crippen LogP) is 0.735. The number of pyridine rings is 1. The van der Waals surface area contributed by atoms with Crippen LogP contribution in [0.4, 0.5) is 5.69 Å². The van der Waals surface area contributed by atoms with Gasteiger partial charge < -0.3 is 5.11 Å². The number of aromatic nitrogens is 2. The molecule has 0 saturated heterocycles. The third-order valence-corrected chi connectivity index (χ3v) is 1.86. The Balaban J connectivity index is 2.59. The van der Waals surface area contributed by atoms with Crippen molar-refractivity contribution in [2.75, 3.05) is 0 Å². The highest BCUT2D eigenvalue weighted by atomic mass is 16.6. The third-order valence-electron chi connectivity index (χ3n) is 1.86. The van der Waals surface area contributed by atoms with Crippen molar-refractivity contribution in [3.8, 4) is 0 Å². The lowest BCUT2D eigenvalue weighted by molar-refractivity contribution is -0.385. The number of nitrogens with zero attached hydrogens (tertiary/aromatic N) is 3. The van der Waals surface area contributed by atoms with E-state index in [1.165, 1.54) is 22.7 Å². The van der Waals surface area contributed by atoms with Gasteiger partial charge in [-0.2, -0.15) is 0 Å². The standard InChI is InChI=1S/C8H7N3O3/c12-5-6-3-10-4-7(11(13)14)1-2-8(10)9-6/h1-4,12H,5H2. The van der Waals surface area contributed by atoms with Crippen LogP contribution in [-0.4, -0.2) is 19.4 Å². The van der Waals surface area contributed by atoms with E-state index < -0.39 is 4.92 Å². The highest BCUT2D eigenvalue weighted by Gasteiger charge is 2.07.